The molecular formula is C14H21BrClFN2O. The first kappa shape index (κ1) is 19.4. The fourth-order valence-electron chi connectivity index (χ4n) is 1.94. The maximum absolute atomic E-state index is 13.1. The minimum atomic E-state index is -0.339. The van der Waals surface area contributed by atoms with E-state index in [2.05, 4.69) is 21.2 Å². The van der Waals surface area contributed by atoms with Crippen LogP contribution in [0.25, 0.3) is 0 Å². The van der Waals surface area contributed by atoms with E-state index in [9.17, 15) is 9.18 Å². The Balaban J connectivity index is 0.00000361. The lowest BCUT2D eigenvalue weighted by atomic mass is 9.92. The lowest BCUT2D eigenvalue weighted by molar-refractivity contribution is -0.122. The number of rotatable bonds is 6. The molecule has 20 heavy (non-hydrogen) atoms. The molecule has 3 N–H and O–H groups in total. The summed E-state index contributed by atoms with van der Waals surface area (Å²) < 4.78 is 13.5. The average Bonchev–Trinajstić information content (AvgIpc) is 2.40. The molecule has 0 heterocycles. The molecule has 0 unspecified atom stereocenters. The van der Waals surface area contributed by atoms with Gasteiger partial charge in [0.1, 0.15) is 5.82 Å². The fraction of sp³-hybridized carbons (Fsp3) is 0.500. The van der Waals surface area contributed by atoms with E-state index in [1.807, 2.05) is 13.8 Å². The summed E-state index contributed by atoms with van der Waals surface area (Å²) in [6.45, 7) is 4.43. The van der Waals surface area contributed by atoms with Gasteiger partial charge in [-0.05, 0) is 46.5 Å². The van der Waals surface area contributed by atoms with Crippen molar-refractivity contribution in [1.82, 2.24) is 5.32 Å². The monoisotopic (exact) mass is 366 g/mol. The number of halogens is 3. The summed E-state index contributed by atoms with van der Waals surface area (Å²) >= 11 is 3.11. The molecule has 3 nitrogen and oxygen atoms in total. The van der Waals surface area contributed by atoms with Crippen LogP contribution in [0.3, 0.4) is 0 Å². The summed E-state index contributed by atoms with van der Waals surface area (Å²) in [5, 5.41) is 2.99. The van der Waals surface area contributed by atoms with Crippen molar-refractivity contribution in [2.75, 3.05) is 6.54 Å². The maximum atomic E-state index is 13.1. The molecule has 1 rings (SSSR count). The highest BCUT2D eigenvalue weighted by Crippen LogP contribution is 2.18. The van der Waals surface area contributed by atoms with Crippen molar-refractivity contribution in [2.45, 2.75) is 38.6 Å². The van der Waals surface area contributed by atoms with Crippen molar-refractivity contribution in [2.24, 2.45) is 5.73 Å². The fourth-order valence-corrected chi connectivity index (χ4v) is 2.37. The SMILES string of the molecule is CCC(CC)(CN)NC(=O)Cc1ccc(F)c(Br)c1.Cl. The number of nitrogens with one attached hydrogen (secondary N) is 1. The zero-order valence-electron chi connectivity index (χ0n) is 11.7. The predicted octanol–water partition coefficient (Wildman–Crippen LogP) is 3.19. The van der Waals surface area contributed by atoms with E-state index in [1.165, 1.54) is 6.07 Å². The van der Waals surface area contributed by atoms with Gasteiger partial charge in [-0.15, -0.1) is 12.4 Å². The standard InChI is InChI=1S/C14H20BrFN2O.ClH/c1-3-14(4-2,9-17)18-13(19)8-10-5-6-12(16)11(15)7-10;/h5-7H,3-4,8-9,17H2,1-2H3,(H,18,19);1H. The van der Waals surface area contributed by atoms with Crippen molar-refractivity contribution in [3.05, 3.63) is 34.1 Å². The molecule has 1 aromatic rings. The molecule has 0 radical (unpaired) electrons. The van der Waals surface area contributed by atoms with Crippen LogP contribution in [0, 0.1) is 5.82 Å². The molecule has 114 valence electrons. The summed E-state index contributed by atoms with van der Waals surface area (Å²) in [5.41, 5.74) is 6.17. The number of nitrogens with two attached hydrogens (primary N) is 1. The number of hydrogen-bond donors (Lipinski definition) is 2. The average molecular weight is 368 g/mol. The molecular weight excluding hydrogens is 347 g/mol. The Morgan fingerprint density at radius 3 is 2.45 bits per heavy atom. The van der Waals surface area contributed by atoms with Gasteiger partial charge in [-0.25, -0.2) is 4.39 Å². The van der Waals surface area contributed by atoms with Crippen molar-refractivity contribution in [3.63, 3.8) is 0 Å². The molecule has 0 spiro atoms. The Kier molecular flexibility index (Phi) is 8.32. The van der Waals surface area contributed by atoms with Crippen molar-refractivity contribution < 1.29 is 9.18 Å². The second kappa shape index (κ2) is 8.60. The number of carbonyl (C=O) groups is 1. The van der Waals surface area contributed by atoms with Gasteiger partial charge in [0.05, 0.1) is 16.4 Å². The lowest BCUT2D eigenvalue weighted by Gasteiger charge is -2.31. The Morgan fingerprint density at radius 1 is 1.40 bits per heavy atom. The number of hydrogen-bond acceptors (Lipinski definition) is 2. The van der Waals surface area contributed by atoms with Crippen LogP contribution in [0.15, 0.2) is 22.7 Å². The largest absolute Gasteiger partial charge is 0.349 e. The van der Waals surface area contributed by atoms with Crippen LogP contribution in [-0.4, -0.2) is 18.0 Å². The molecule has 0 aliphatic rings. The van der Waals surface area contributed by atoms with Gasteiger partial charge >= 0.3 is 0 Å². The first-order valence-electron chi connectivity index (χ1n) is 6.41. The van der Waals surface area contributed by atoms with Crippen molar-refractivity contribution in [1.29, 1.82) is 0 Å². The molecule has 0 aliphatic heterocycles. The second-order valence-electron chi connectivity index (χ2n) is 4.66. The van der Waals surface area contributed by atoms with Gasteiger partial charge in [0.2, 0.25) is 5.91 Å². The van der Waals surface area contributed by atoms with Gasteiger partial charge in [0.25, 0.3) is 0 Å². The highest BCUT2D eigenvalue weighted by molar-refractivity contribution is 9.10. The summed E-state index contributed by atoms with van der Waals surface area (Å²) in [4.78, 5) is 12.0. The first-order chi connectivity index (χ1) is 8.96. The molecule has 0 saturated carbocycles. The number of amides is 1. The van der Waals surface area contributed by atoms with Gasteiger partial charge in [-0.1, -0.05) is 19.9 Å². The molecule has 1 aromatic carbocycles. The topological polar surface area (TPSA) is 55.1 Å². The Labute approximate surface area is 134 Å². The highest BCUT2D eigenvalue weighted by atomic mass is 79.9. The van der Waals surface area contributed by atoms with Crippen LogP contribution >= 0.6 is 28.3 Å². The highest BCUT2D eigenvalue weighted by Gasteiger charge is 2.26. The van der Waals surface area contributed by atoms with Crippen LogP contribution in [0.1, 0.15) is 32.3 Å². The third-order valence-electron chi connectivity index (χ3n) is 3.50. The molecule has 1 amide bonds. The summed E-state index contributed by atoms with van der Waals surface area (Å²) in [7, 11) is 0. The molecule has 0 fully saturated rings. The normalized spacial score (nSPS) is 10.8. The lowest BCUT2D eigenvalue weighted by Crippen LogP contribution is -2.53. The Hall–Kier alpha value is -0.650. The van der Waals surface area contributed by atoms with Gasteiger partial charge in [-0.2, -0.15) is 0 Å². The second-order valence-corrected chi connectivity index (χ2v) is 5.52. The van der Waals surface area contributed by atoms with Crippen LogP contribution in [0.5, 0.6) is 0 Å². The number of benzene rings is 1. The van der Waals surface area contributed by atoms with Crippen molar-refractivity contribution >= 4 is 34.2 Å². The minimum Gasteiger partial charge on any atom is -0.349 e. The van der Waals surface area contributed by atoms with E-state index in [-0.39, 0.29) is 36.1 Å². The Morgan fingerprint density at radius 2 is 2.00 bits per heavy atom. The smallest absolute Gasteiger partial charge is 0.224 e. The van der Waals surface area contributed by atoms with E-state index in [0.717, 1.165) is 18.4 Å². The van der Waals surface area contributed by atoms with Gasteiger partial charge in [0, 0.05) is 6.54 Å². The zero-order chi connectivity index (χ0) is 14.5. The van der Waals surface area contributed by atoms with E-state index in [1.54, 1.807) is 12.1 Å². The molecule has 0 atom stereocenters. The molecule has 6 heteroatoms. The van der Waals surface area contributed by atoms with Crippen LogP contribution in [0.2, 0.25) is 0 Å². The summed E-state index contributed by atoms with van der Waals surface area (Å²) in [6.07, 6.45) is 1.80. The van der Waals surface area contributed by atoms with Crippen LogP contribution in [-0.2, 0) is 11.2 Å². The predicted molar refractivity (Wildman–Crippen MR) is 85.6 cm³/mol. The van der Waals surface area contributed by atoms with E-state index in [4.69, 9.17) is 5.73 Å². The first-order valence-corrected chi connectivity index (χ1v) is 7.20. The van der Waals surface area contributed by atoms with E-state index < -0.39 is 0 Å². The summed E-state index contributed by atoms with van der Waals surface area (Å²) in [5.74, 6) is -0.421. The van der Waals surface area contributed by atoms with Crippen molar-refractivity contribution in [3.8, 4) is 0 Å². The van der Waals surface area contributed by atoms with Gasteiger partial charge in [-0.3, -0.25) is 4.79 Å². The van der Waals surface area contributed by atoms with Crippen LogP contribution in [0.4, 0.5) is 4.39 Å². The third kappa shape index (κ3) is 5.04. The zero-order valence-corrected chi connectivity index (χ0v) is 14.1. The van der Waals surface area contributed by atoms with E-state index >= 15 is 0 Å². The molecule has 0 aromatic heterocycles. The number of carbonyl (C=O) groups excluding carboxylic acids is 1. The third-order valence-corrected chi connectivity index (χ3v) is 4.11. The maximum Gasteiger partial charge on any atom is 0.224 e. The Bertz CT molecular complexity index is 445. The molecule has 0 aliphatic carbocycles. The quantitative estimate of drug-likeness (QED) is 0.811. The molecule has 0 saturated heterocycles. The van der Waals surface area contributed by atoms with Crippen LogP contribution < -0.4 is 11.1 Å². The van der Waals surface area contributed by atoms with Gasteiger partial charge < -0.3 is 11.1 Å². The van der Waals surface area contributed by atoms with E-state index in [0.29, 0.717) is 11.0 Å². The van der Waals surface area contributed by atoms with Gasteiger partial charge in [0.15, 0.2) is 0 Å². The summed E-state index contributed by atoms with van der Waals surface area (Å²) in [6, 6.07) is 4.58. The minimum absolute atomic E-state index is 0. The molecule has 0 bridgehead atoms.